The van der Waals surface area contributed by atoms with E-state index in [2.05, 4.69) is 11.1 Å². The molecule has 0 N–H and O–H groups in total. The second-order valence-electron chi connectivity index (χ2n) is 3.50. The van der Waals surface area contributed by atoms with Crippen LogP contribution in [0.2, 0.25) is 0 Å². The maximum absolute atomic E-state index is 9.05. The highest BCUT2D eigenvalue weighted by Crippen LogP contribution is 2.24. The lowest BCUT2D eigenvalue weighted by atomic mass is 10.1. The molecule has 2 rings (SSSR count). The van der Waals surface area contributed by atoms with Crippen LogP contribution >= 0.6 is 0 Å². The van der Waals surface area contributed by atoms with Crippen LogP contribution in [0.25, 0.3) is 10.9 Å². The van der Waals surface area contributed by atoms with Crippen molar-refractivity contribution in [1.29, 1.82) is 5.26 Å². The van der Waals surface area contributed by atoms with Gasteiger partial charge in [-0.3, -0.25) is 4.98 Å². The van der Waals surface area contributed by atoms with Gasteiger partial charge in [-0.1, -0.05) is 6.07 Å². The van der Waals surface area contributed by atoms with Gasteiger partial charge in [0.05, 0.1) is 17.7 Å². The number of hydrogen-bond donors (Lipinski definition) is 0. The molecule has 0 unspecified atom stereocenters. The van der Waals surface area contributed by atoms with Gasteiger partial charge in [-0.25, -0.2) is 0 Å². The van der Waals surface area contributed by atoms with E-state index in [0.717, 1.165) is 10.9 Å². The Bertz CT molecular complexity index is 561. The Morgan fingerprint density at radius 1 is 1.35 bits per heavy atom. The second kappa shape index (κ2) is 5.28. The van der Waals surface area contributed by atoms with Crippen molar-refractivity contribution >= 4 is 10.9 Å². The number of nitrogens with zero attached hydrogens (tertiary/aromatic N) is 2. The van der Waals surface area contributed by atoms with E-state index in [-0.39, 0.29) is 0 Å². The van der Waals surface area contributed by atoms with E-state index in [1.807, 2.05) is 12.1 Å². The molecule has 0 amide bonds. The van der Waals surface area contributed by atoms with Crippen LogP contribution in [0.1, 0.15) is 5.56 Å². The van der Waals surface area contributed by atoms with Crippen LogP contribution in [0.3, 0.4) is 0 Å². The van der Waals surface area contributed by atoms with Crippen LogP contribution in [-0.2, 0) is 4.74 Å². The Hall–Kier alpha value is -2.12. The summed E-state index contributed by atoms with van der Waals surface area (Å²) in [5.41, 5.74) is 1.33. The van der Waals surface area contributed by atoms with Crippen molar-refractivity contribution in [3.63, 3.8) is 0 Å². The summed E-state index contributed by atoms with van der Waals surface area (Å²) in [6, 6.07) is 9.45. The van der Waals surface area contributed by atoms with Gasteiger partial charge >= 0.3 is 0 Å². The minimum absolute atomic E-state index is 0.420. The first-order valence-electron chi connectivity index (χ1n) is 5.26. The van der Waals surface area contributed by atoms with Gasteiger partial charge in [0.15, 0.2) is 0 Å². The van der Waals surface area contributed by atoms with Gasteiger partial charge in [0, 0.05) is 24.8 Å². The molecule has 0 aliphatic rings. The normalized spacial score (nSPS) is 10.1. The molecule has 0 atom stereocenters. The Morgan fingerprint density at radius 2 is 2.24 bits per heavy atom. The fourth-order valence-electron chi connectivity index (χ4n) is 1.54. The molecule has 0 bridgehead atoms. The first-order valence-corrected chi connectivity index (χ1v) is 5.26. The van der Waals surface area contributed by atoms with Crippen molar-refractivity contribution in [2.75, 3.05) is 20.3 Å². The summed E-state index contributed by atoms with van der Waals surface area (Å²) in [7, 11) is 1.61. The van der Waals surface area contributed by atoms with Gasteiger partial charge in [0.2, 0.25) is 0 Å². The molecule has 0 aliphatic heterocycles. The SMILES string of the molecule is COCCOc1cc2ncccc2cc1C#N. The highest BCUT2D eigenvalue weighted by molar-refractivity contribution is 5.82. The second-order valence-corrected chi connectivity index (χ2v) is 3.50. The topological polar surface area (TPSA) is 55.1 Å². The van der Waals surface area contributed by atoms with Crippen molar-refractivity contribution in [3.8, 4) is 11.8 Å². The number of nitriles is 1. The third-order valence-corrected chi connectivity index (χ3v) is 2.37. The molecule has 0 aliphatic carbocycles. The summed E-state index contributed by atoms with van der Waals surface area (Å²) >= 11 is 0. The van der Waals surface area contributed by atoms with Crippen LogP contribution in [0, 0.1) is 11.3 Å². The zero-order chi connectivity index (χ0) is 12.1. The highest BCUT2D eigenvalue weighted by atomic mass is 16.5. The molecule has 0 saturated carbocycles. The number of hydrogen-bond acceptors (Lipinski definition) is 4. The van der Waals surface area contributed by atoms with Crippen LogP contribution in [0.4, 0.5) is 0 Å². The Morgan fingerprint density at radius 3 is 3.00 bits per heavy atom. The van der Waals surface area contributed by atoms with Gasteiger partial charge in [-0.2, -0.15) is 5.26 Å². The molecular weight excluding hydrogens is 216 g/mol. The van der Waals surface area contributed by atoms with Crippen molar-refractivity contribution < 1.29 is 9.47 Å². The van der Waals surface area contributed by atoms with Gasteiger partial charge < -0.3 is 9.47 Å². The van der Waals surface area contributed by atoms with Gasteiger partial charge in [0.1, 0.15) is 18.4 Å². The molecule has 0 fully saturated rings. The summed E-state index contributed by atoms with van der Waals surface area (Å²) in [5.74, 6) is 0.552. The average molecular weight is 228 g/mol. The third-order valence-electron chi connectivity index (χ3n) is 2.37. The smallest absolute Gasteiger partial charge is 0.139 e. The highest BCUT2D eigenvalue weighted by Gasteiger charge is 2.06. The molecule has 0 radical (unpaired) electrons. The maximum atomic E-state index is 9.05. The molecule has 17 heavy (non-hydrogen) atoms. The summed E-state index contributed by atoms with van der Waals surface area (Å²) in [6.45, 7) is 0.911. The van der Waals surface area contributed by atoms with Gasteiger partial charge in [-0.05, 0) is 12.1 Å². The van der Waals surface area contributed by atoms with Crippen LogP contribution in [0.5, 0.6) is 5.75 Å². The zero-order valence-corrected chi connectivity index (χ0v) is 9.51. The van der Waals surface area contributed by atoms with Crippen LogP contribution < -0.4 is 4.74 Å². The molecule has 86 valence electrons. The minimum Gasteiger partial charge on any atom is -0.490 e. The summed E-state index contributed by atoms with van der Waals surface area (Å²) < 4.78 is 10.4. The number of aromatic nitrogens is 1. The predicted octanol–water partition coefficient (Wildman–Crippen LogP) is 2.13. The third kappa shape index (κ3) is 2.52. The lowest BCUT2D eigenvalue weighted by molar-refractivity contribution is 0.146. The quantitative estimate of drug-likeness (QED) is 0.752. The largest absolute Gasteiger partial charge is 0.490 e. The van der Waals surface area contributed by atoms with E-state index in [4.69, 9.17) is 14.7 Å². The number of benzene rings is 1. The number of pyridine rings is 1. The first kappa shape index (κ1) is 11.4. The average Bonchev–Trinajstić information content (AvgIpc) is 2.38. The number of methoxy groups -OCH3 is 1. The molecule has 4 heteroatoms. The lowest BCUT2D eigenvalue weighted by Crippen LogP contribution is -2.05. The Labute approximate surface area is 99.4 Å². The molecule has 0 saturated heterocycles. The molecule has 1 aromatic heterocycles. The van der Waals surface area contributed by atoms with E-state index in [1.54, 1.807) is 25.4 Å². The lowest BCUT2D eigenvalue weighted by Gasteiger charge is -2.08. The van der Waals surface area contributed by atoms with Crippen molar-refractivity contribution in [2.45, 2.75) is 0 Å². The number of ether oxygens (including phenoxy) is 2. The van der Waals surface area contributed by atoms with E-state index < -0.39 is 0 Å². The summed E-state index contributed by atoms with van der Waals surface area (Å²) in [6.07, 6.45) is 1.72. The van der Waals surface area contributed by atoms with E-state index in [1.165, 1.54) is 0 Å². The summed E-state index contributed by atoms with van der Waals surface area (Å²) in [4.78, 5) is 4.22. The van der Waals surface area contributed by atoms with Crippen molar-refractivity contribution in [3.05, 3.63) is 36.0 Å². The fourth-order valence-corrected chi connectivity index (χ4v) is 1.54. The zero-order valence-electron chi connectivity index (χ0n) is 9.51. The van der Waals surface area contributed by atoms with Crippen LogP contribution in [-0.4, -0.2) is 25.3 Å². The van der Waals surface area contributed by atoms with Crippen molar-refractivity contribution in [2.24, 2.45) is 0 Å². The molecule has 1 aromatic carbocycles. The molecule has 0 spiro atoms. The Kier molecular flexibility index (Phi) is 3.53. The maximum Gasteiger partial charge on any atom is 0.139 e. The predicted molar refractivity (Wildman–Crippen MR) is 63.8 cm³/mol. The monoisotopic (exact) mass is 228 g/mol. The van der Waals surface area contributed by atoms with Gasteiger partial charge in [0.25, 0.3) is 0 Å². The number of rotatable bonds is 4. The molecular formula is C13H12N2O2. The standard InChI is InChI=1S/C13H12N2O2/c1-16-5-6-17-13-8-12-10(3-2-4-15-12)7-11(13)9-14/h2-4,7-8H,5-6H2,1H3. The van der Waals surface area contributed by atoms with Crippen molar-refractivity contribution in [1.82, 2.24) is 4.98 Å². The first-order chi connectivity index (χ1) is 8.35. The van der Waals surface area contributed by atoms with Gasteiger partial charge in [-0.15, -0.1) is 0 Å². The number of fused-ring (bicyclic) bond motifs is 1. The molecule has 4 nitrogen and oxygen atoms in total. The molecule has 2 aromatic rings. The van der Waals surface area contributed by atoms with E-state index in [9.17, 15) is 0 Å². The Balaban J connectivity index is 2.36. The summed E-state index contributed by atoms with van der Waals surface area (Å²) in [5, 5.41) is 9.99. The minimum atomic E-state index is 0.420. The van der Waals surface area contributed by atoms with E-state index >= 15 is 0 Å². The van der Waals surface area contributed by atoms with Crippen LogP contribution in [0.15, 0.2) is 30.5 Å². The molecule has 1 heterocycles. The van der Waals surface area contributed by atoms with E-state index in [0.29, 0.717) is 24.5 Å². The fraction of sp³-hybridized carbons (Fsp3) is 0.231.